The summed E-state index contributed by atoms with van der Waals surface area (Å²) in [5, 5.41) is 4.54. The molecule has 1 aromatic carbocycles. The van der Waals surface area contributed by atoms with Gasteiger partial charge in [0.25, 0.3) is 10.0 Å². The van der Waals surface area contributed by atoms with Crippen molar-refractivity contribution in [1.29, 1.82) is 0 Å². The number of nitrogens with two attached hydrogens (primary N) is 1. The third kappa shape index (κ3) is 1.33. The molecule has 0 saturated heterocycles. The van der Waals surface area contributed by atoms with Crippen molar-refractivity contribution in [3.05, 3.63) is 24.4 Å². The quantitative estimate of drug-likeness (QED) is 0.694. The number of anilines is 1. The highest BCUT2D eigenvalue weighted by Crippen LogP contribution is 2.17. The average molecular weight is 211 g/mol. The molecule has 1 aromatic heterocycles. The summed E-state index contributed by atoms with van der Waals surface area (Å²) in [6, 6.07) is 5.03. The number of aromatic nitrogens is 2. The van der Waals surface area contributed by atoms with E-state index >= 15 is 0 Å². The molecule has 14 heavy (non-hydrogen) atoms. The molecule has 74 valence electrons. The Morgan fingerprint density at radius 2 is 2.14 bits per heavy atom. The van der Waals surface area contributed by atoms with Crippen molar-refractivity contribution in [2.45, 2.75) is 0 Å². The molecule has 0 atom stereocenters. The van der Waals surface area contributed by atoms with Gasteiger partial charge in [-0.25, -0.2) is 8.42 Å². The van der Waals surface area contributed by atoms with Crippen molar-refractivity contribution in [2.24, 2.45) is 0 Å². The van der Waals surface area contributed by atoms with Gasteiger partial charge in [0.05, 0.1) is 18.0 Å². The van der Waals surface area contributed by atoms with E-state index in [1.165, 1.54) is 6.20 Å². The second-order valence-electron chi connectivity index (χ2n) is 3.07. The molecule has 2 N–H and O–H groups in total. The summed E-state index contributed by atoms with van der Waals surface area (Å²) in [5.41, 5.74) is 6.58. The van der Waals surface area contributed by atoms with Crippen LogP contribution in [-0.4, -0.2) is 23.9 Å². The Labute approximate surface area is 81.2 Å². The van der Waals surface area contributed by atoms with E-state index in [-0.39, 0.29) is 0 Å². The second-order valence-corrected chi connectivity index (χ2v) is 4.88. The van der Waals surface area contributed by atoms with Gasteiger partial charge in [0.15, 0.2) is 0 Å². The summed E-state index contributed by atoms with van der Waals surface area (Å²) in [6.07, 6.45) is 2.60. The minimum Gasteiger partial charge on any atom is -0.399 e. The molecule has 2 aromatic rings. The molecular formula is C8H9N3O2S. The number of rotatable bonds is 1. The fraction of sp³-hybridized carbons (Fsp3) is 0.125. The highest BCUT2D eigenvalue weighted by atomic mass is 32.2. The van der Waals surface area contributed by atoms with E-state index < -0.39 is 10.0 Å². The molecule has 0 spiro atoms. The van der Waals surface area contributed by atoms with Crippen LogP contribution in [0.1, 0.15) is 0 Å². The molecule has 6 heteroatoms. The van der Waals surface area contributed by atoms with Gasteiger partial charge in [-0.1, -0.05) is 0 Å². The lowest BCUT2D eigenvalue weighted by molar-refractivity contribution is 0.588. The minimum absolute atomic E-state index is 0.507. The zero-order valence-electron chi connectivity index (χ0n) is 7.51. The SMILES string of the molecule is CS(=O)(=O)n1ncc2ccc(N)cc21. The summed E-state index contributed by atoms with van der Waals surface area (Å²) in [6.45, 7) is 0. The maximum Gasteiger partial charge on any atom is 0.251 e. The van der Waals surface area contributed by atoms with E-state index in [0.29, 0.717) is 11.2 Å². The van der Waals surface area contributed by atoms with Crippen molar-refractivity contribution < 1.29 is 8.42 Å². The standard InChI is InChI=1S/C8H9N3O2S/c1-14(12,13)11-8-4-7(9)3-2-6(8)5-10-11/h2-5H,9H2,1H3. The number of hydrogen-bond donors (Lipinski definition) is 1. The molecule has 5 nitrogen and oxygen atoms in total. The van der Waals surface area contributed by atoms with Crippen molar-refractivity contribution in [2.75, 3.05) is 12.0 Å². The third-order valence-corrected chi connectivity index (χ3v) is 2.80. The van der Waals surface area contributed by atoms with Gasteiger partial charge < -0.3 is 5.73 Å². The predicted molar refractivity (Wildman–Crippen MR) is 54.4 cm³/mol. The third-order valence-electron chi connectivity index (χ3n) is 1.88. The first-order valence-corrected chi connectivity index (χ1v) is 5.77. The Balaban J connectivity index is 2.87. The smallest absolute Gasteiger partial charge is 0.251 e. The summed E-state index contributed by atoms with van der Waals surface area (Å²) in [4.78, 5) is 0. The van der Waals surface area contributed by atoms with Gasteiger partial charge in [0.2, 0.25) is 0 Å². The summed E-state index contributed by atoms with van der Waals surface area (Å²) in [7, 11) is -3.35. The van der Waals surface area contributed by atoms with Crippen LogP contribution in [-0.2, 0) is 10.0 Å². The van der Waals surface area contributed by atoms with Crippen LogP contribution in [0.3, 0.4) is 0 Å². The Bertz CT molecular complexity index is 586. The van der Waals surface area contributed by atoms with Crippen LogP contribution in [0.5, 0.6) is 0 Å². The van der Waals surface area contributed by atoms with Gasteiger partial charge in [-0.15, -0.1) is 0 Å². The van der Waals surface area contributed by atoms with Gasteiger partial charge in [-0.3, -0.25) is 0 Å². The van der Waals surface area contributed by atoms with Crippen LogP contribution in [0, 0.1) is 0 Å². The molecule has 0 aliphatic rings. The van der Waals surface area contributed by atoms with Crippen LogP contribution in [0.25, 0.3) is 10.9 Å². The average Bonchev–Trinajstić information content (AvgIpc) is 2.45. The zero-order chi connectivity index (χ0) is 10.3. The van der Waals surface area contributed by atoms with Crippen LogP contribution in [0.4, 0.5) is 5.69 Å². The van der Waals surface area contributed by atoms with Gasteiger partial charge in [-0.2, -0.15) is 9.19 Å². The summed E-state index contributed by atoms with van der Waals surface area (Å²) >= 11 is 0. The summed E-state index contributed by atoms with van der Waals surface area (Å²) in [5.74, 6) is 0. The first kappa shape index (κ1) is 9.01. The number of nitrogens with zero attached hydrogens (tertiary/aromatic N) is 2. The molecule has 0 aliphatic heterocycles. The monoisotopic (exact) mass is 211 g/mol. The summed E-state index contributed by atoms with van der Waals surface area (Å²) < 4.78 is 23.5. The van der Waals surface area contributed by atoms with E-state index in [2.05, 4.69) is 5.10 Å². The van der Waals surface area contributed by atoms with E-state index in [1.54, 1.807) is 18.2 Å². The lowest BCUT2D eigenvalue weighted by Crippen LogP contribution is -2.11. The Kier molecular flexibility index (Phi) is 1.75. The Morgan fingerprint density at radius 3 is 2.79 bits per heavy atom. The largest absolute Gasteiger partial charge is 0.399 e. The highest BCUT2D eigenvalue weighted by molar-refractivity contribution is 7.89. The van der Waals surface area contributed by atoms with Crippen molar-refractivity contribution in [3.63, 3.8) is 0 Å². The molecule has 0 saturated carbocycles. The zero-order valence-corrected chi connectivity index (χ0v) is 8.32. The highest BCUT2D eigenvalue weighted by Gasteiger charge is 2.10. The predicted octanol–water partition coefficient (Wildman–Crippen LogP) is 0.426. The molecule has 0 unspecified atom stereocenters. The maximum atomic E-state index is 11.3. The number of fused-ring (bicyclic) bond motifs is 1. The molecule has 0 fully saturated rings. The van der Waals surface area contributed by atoms with Crippen LogP contribution in [0.15, 0.2) is 24.4 Å². The minimum atomic E-state index is -3.35. The molecule has 0 aliphatic carbocycles. The molecule has 0 amide bonds. The van der Waals surface area contributed by atoms with Gasteiger partial charge in [-0.05, 0) is 18.2 Å². The first-order chi connectivity index (χ1) is 6.48. The van der Waals surface area contributed by atoms with Crippen LogP contribution >= 0.6 is 0 Å². The van der Waals surface area contributed by atoms with Crippen LogP contribution < -0.4 is 5.73 Å². The first-order valence-electron chi connectivity index (χ1n) is 3.92. The number of hydrogen-bond acceptors (Lipinski definition) is 4. The van der Waals surface area contributed by atoms with E-state index in [1.807, 2.05) is 0 Å². The van der Waals surface area contributed by atoms with Crippen molar-refractivity contribution in [3.8, 4) is 0 Å². The normalized spacial score (nSPS) is 12.1. The maximum absolute atomic E-state index is 11.3. The van der Waals surface area contributed by atoms with E-state index in [4.69, 9.17) is 5.73 Å². The van der Waals surface area contributed by atoms with Crippen molar-refractivity contribution >= 4 is 26.6 Å². The van der Waals surface area contributed by atoms with E-state index in [0.717, 1.165) is 15.7 Å². The lowest BCUT2D eigenvalue weighted by atomic mass is 10.2. The Morgan fingerprint density at radius 1 is 1.43 bits per heavy atom. The fourth-order valence-electron chi connectivity index (χ4n) is 1.28. The number of nitrogen functional groups attached to an aromatic ring is 1. The van der Waals surface area contributed by atoms with Gasteiger partial charge in [0, 0.05) is 11.1 Å². The number of benzene rings is 1. The molecule has 0 bridgehead atoms. The molecule has 1 heterocycles. The van der Waals surface area contributed by atoms with Gasteiger partial charge >= 0.3 is 0 Å². The second kappa shape index (κ2) is 2.71. The molecule has 0 radical (unpaired) electrons. The molecule has 2 rings (SSSR count). The van der Waals surface area contributed by atoms with Crippen LogP contribution in [0.2, 0.25) is 0 Å². The topological polar surface area (TPSA) is 78.0 Å². The van der Waals surface area contributed by atoms with Gasteiger partial charge in [0.1, 0.15) is 0 Å². The van der Waals surface area contributed by atoms with Crippen molar-refractivity contribution in [1.82, 2.24) is 9.19 Å². The lowest BCUT2D eigenvalue weighted by Gasteiger charge is -1.99. The molecular weight excluding hydrogens is 202 g/mol. The van der Waals surface area contributed by atoms with E-state index in [9.17, 15) is 8.42 Å². The fourth-order valence-corrected chi connectivity index (χ4v) is 2.01. The Hall–Kier alpha value is -1.56.